The van der Waals surface area contributed by atoms with E-state index < -0.39 is 0 Å². The van der Waals surface area contributed by atoms with Gasteiger partial charge in [-0.1, -0.05) is 36.4 Å². The highest BCUT2D eigenvalue weighted by atomic mass is 16.1. The quantitative estimate of drug-likeness (QED) is 0.773. The van der Waals surface area contributed by atoms with E-state index >= 15 is 0 Å². The topological polar surface area (TPSA) is 20.3 Å². The number of carbonyl (C=O) groups excluding carboxylic acids is 1. The highest BCUT2D eigenvalue weighted by molar-refractivity contribution is 5.95. The number of carbonyl (C=O) groups is 1. The van der Waals surface area contributed by atoms with Crippen molar-refractivity contribution in [1.82, 2.24) is 4.90 Å². The summed E-state index contributed by atoms with van der Waals surface area (Å²) < 4.78 is 0. The van der Waals surface area contributed by atoms with Gasteiger partial charge in [-0.25, -0.2) is 0 Å². The van der Waals surface area contributed by atoms with Crippen molar-refractivity contribution in [3.63, 3.8) is 0 Å². The molecule has 2 heterocycles. The SMILES string of the molecule is CN1[C@@H]2CC[C@H]1CC(C(=O)/C=C\c1ccccc1)C2. The number of hydrogen-bond donors (Lipinski definition) is 0. The van der Waals surface area contributed by atoms with Crippen molar-refractivity contribution in [2.45, 2.75) is 37.8 Å². The number of nitrogens with zero attached hydrogens (tertiary/aromatic N) is 1. The summed E-state index contributed by atoms with van der Waals surface area (Å²) in [5, 5.41) is 0. The molecule has 2 fully saturated rings. The van der Waals surface area contributed by atoms with Gasteiger partial charge in [0.1, 0.15) is 0 Å². The fourth-order valence-corrected chi connectivity index (χ4v) is 3.52. The summed E-state index contributed by atoms with van der Waals surface area (Å²) in [6.45, 7) is 0. The lowest BCUT2D eigenvalue weighted by atomic mass is 9.87. The second-order valence-corrected chi connectivity index (χ2v) is 5.87. The molecule has 0 aliphatic carbocycles. The molecule has 100 valence electrons. The Labute approximate surface area is 115 Å². The Kier molecular flexibility index (Phi) is 3.52. The van der Waals surface area contributed by atoms with E-state index in [2.05, 4.69) is 11.9 Å². The molecule has 2 saturated heterocycles. The Balaban J connectivity index is 1.64. The summed E-state index contributed by atoms with van der Waals surface area (Å²) in [5.41, 5.74) is 1.10. The van der Waals surface area contributed by atoms with Crippen LogP contribution in [0.25, 0.3) is 6.08 Å². The zero-order valence-electron chi connectivity index (χ0n) is 11.5. The number of hydrogen-bond acceptors (Lipinski definition) is 2. The van der Waals surface area contributed by atoms with Gasteiger partial charge in [0.15, 0.2) is 5.78 Å². The Morgan fingerprint density at radius 3 is 2.42 bits per heavy atom. The molecule has 0 N–H and O–H groups in total. The molecule has 2 aliphatic rings. The Bertz CT molecular complexity index is 465. The van der Waals surface area contributed by atoms with E-state index in [1.54, 1.807) is 6.08 Å². The van der Waals surface area contributed by atoms with E-state index in [9.17, 15) is 4.79 Å². The number of piperidine rings is 1. The van der Waals surface area contributed by atoms with Gasteiger partial charge in [0.05, 0.1) is 0 Å². The first kappa shape index (κ1) is 12.6. The van der Waals surface area contributed by atoms with E-state index in [1.807, 2.05) is 36.4 Å². The summed E-state index contributed by atoms with van der Waals surface area (Å²) in [7, 11) is 2.21. The van der Waals surface area contributed by atoms with Crippen molar-refractivity contribution >= 4 is 11.9 Å². The average Bonchev–Trinajstić information content (AvgIpc) is 2.68. The van der Waals surface area contributed by atoms with Crippen LogP contribution in [0.2, 0.25) is 0 Å². The second kappa shape index (κ2) is 5.30. The fraction of sp³-hybridized carbons (Fsp3) is 0.471. The highest BCUT2D eigenvalue weighted by Crippen LogP contribution is 2.37. The third kappa shape index (κ3) is 2.64. The van der Waals surface area contributed by atoms with E-state index in [-0.39, 0.29) is 5.92 Å². The van der Waals surface area contributed by atoms with Crippen molar-refractivity contribution in [1.29, 1.82) is 0 Å². The van der Waals surface area contributed by atoms with Gasteiger partial charge in [0.2, 0.25) is 0 Å². The Morgan fingerprint density at radius 2 is 1.79 bits per heavy atom. The molecule has 3 rings (SSSR count). The van der Waals surface area contributed by atoms with Crippen LogP contribution in [0.15, 0.2) is 36.4 Å². The van der Waals surface area contributed by atoms with Crippen molar-refractivity contribution in [3.8, 4) is 0 Å². The molecule has 3 atom stereocenters. The molecule has 2 nitrogen and oxygen atoms in total. The third-order valence-corrected chi connectivity index (χ3v) is 4.74. The minimum absolute atomic E-state index is 0.244. The summed E-state index contributed by atoms with van der Waals surface area (Å²) >= 11 is 0. The molecular weight excluding hydrogens is 234 g/mol. The van der Waals surface area contributed by atoms with E-state index in [1.165, 1.54) is 12.8 Å². The molecule has 0 spiro atoms. The van der Waals surface area contributed by atoms with Crippen LogP contribution >= 0.6 is 0 Å². The first-order valence-electron chi connectivity index (χ1n) is 7.23. The summed E-state index contributed by atoms with van der Waals surface area (Å²) in [6.07, 6.45) is 8.37. The summed E-state index contributed by atoms with van der Waals surface area (Å²) in [5.74, 6) is 0.558. The molecule has 1 unspecified atom stereocenters. The van der Waals surface area contributed by atoms with Crippen LogP contribution < -0.4 is 0 Å². The molecule has 2 aliphatic heterocycles. The standard InChI is InChI=1S/C17H21NO/c1-18-15-8-9-16(18)12-14(11-15)17(19)10-7-13-5-3-2-4-6-13/h2-7,10,14-16H,8-9,11-12H2,1H3/b10-7-/t14?,15-,16+. The maximum Gasteiger partial charge on any atom is 0.158 e. The fourth-order valence-electron chi connectivity index (χ4n) is 3.52. The van der Waals surface area contributed by atoms with Crippen molar-refractivity contribution < 1.29 is 4.79 Å². The Morgan fingerprint density at radius 1 is 1.16 bits per heavy atom. The molecule has 1 aromatic carbocycles. The maximum absolute atomic E-state index is 12.3. The normalized spacial score (nSPS) is 30.9. The zero-order chi connectivity index (χ0) is 13.2. The van der Waals surface area contributed by atoms with Crippen molar-refractivity contribution in [2.75, 3.05) is 7.05 Å². The van der Waals surface area contributed by atoms with Gasteiger partial charge >= 0.3 is 0 Å². The van der Waals surface area contributed by atoms with Crippen molar-refractivity contribution in [3.05, 3.63) is 42.0 Å². The van der Waals surface area contributed by atoms with Gasteiger partial charge in [0.25, 0.3) is 0 Å². The molecule has 0 saturated carbocycles. The molecular formula is C17H21NO. The van der Waals surface area contributed by atoms with Crippen LogP contribution in [0.5, 0.6) is 0 Å². The van der Waals surface area contributed by atoms with E-state index in [0.29, 0.717) is 17.9 Å². The van der Waals surface area contributed by atoms with Gasteiger partial charge in [-0.3, -0.25) is 4.79 Å². The zero-order valence-corrected chi connectivity index (χ0v) is 11.5. The van der Waals surface area contributed by atoms with E-state index in [4.69, 9.17) is 0 Å². The molecule has 19 heavy (non-hydrogen) atoms. The van der Waals surface area contributed by atoms with Crippen LogP contribution in [0.1, 0.15) is 31.2 Å². The van der Waals surface area contributed by atoms with Crippen LogP contribution in [0, 0.1) is 5.92 Å². The van der Waals surface area contributed by atoms with Crippen molar-refractivity contribution in [2.24, 2.45) is 5.92 Å². The predicted molar refractivity (Wildman–Crippen MR) is 77.8 cm³/mol. The molecule has 2 bridgehead atoms. The molecule has 1 aromatic rings. The third-order valence-electron chi connectivity index (χ3n) is 4.74. The average molecular weight is 255 g/mol. The Hall–Kier alpha value is -1.41. The molecule has 2 heteroatoms. The smallest absolute Gasteiger partial charge is 0.158 e. The first-order valence-corrected chi connectivity index (χ1v) is 7.23. The van der Waals surface area contributed by atoms with Gasteiger partial charge < -0.3 is 4.90 Å². The van der Waals surface area contributed by atoms with Gasteiger partial charge in [-0.2, -0.15) is 0 Å². The number of rotatable bonds is 3. The van der Waals surface area contributed by atoms with Crippen LogP contribution in [0.3, 0.4) is 0 Å². The monoisotopic (exact) mass is 255 g/mol. The van der Waals surface area contributed by atoms with Gasteiger partial charge in [-0.05, 0) is 44.4 Å². The van der Waals surface area contributed by atoms with Crippen LogP contribution in [-0.2, 0) is 4.79 Å². The lowest BCUT2D eigenvalue weighted by Gasteiger charge is -2.35. The van der Waals surface area contributed by atoms with Gasteiger partial charge in [-0.15, -0.1) is 0 Å². The largest absolute Gasteiger partial charge is 0.300 e. The molecule has 0 amide bonds. The summed E-state index contributed by atoms with van der Waals surface area (Å²) in [6, 6.07) is 11.3. The summed E-state index contributed by atoms with van der Waals surface area (Å²) in [4.78, 5) is 14.8. The highest BCUT2D eigenvalue weighted by Gasteiger charge is 2.40. The van der Waals surface area contributed by atoms with Gasteiger partial charge in [0, 0.05) is 18.0 Å². The first-order chi connectivity index (χ1) is 9.24. The molecule has 0 aromatic heterocycles. The lowest BCUT2D eigenvalue weighted by Crippen LogP contribution is -2.41. The lowest BCUT2D eigenvalue weighted by molar-refractivity contribution is -0.120. The predicted octanol–water partition coefficient (Wildman–Crippen LogP) is 3.14. The number of fused-ring (bicyclic) bond motifs is 2. The number of allylic oxidation sites excluding steroid dienone is 1. The van der Waals surface area contributed by atoms with E-state index in [0.717, 1.165) is 18.4 Å². The minimum atomic E-state index is 0.244. The number of benzene rings is 1. The molecule has 0 radical (unpaired) electrons. The van der Waals surface area contributed by atoms with Crippen LogP contribution in [-0.4, -0.2) is 29.8 Å². The minimum Gasteiger partial charge on any atom is -0.300 e. The second-order valence-electron chi connectivity index (χ2n) is 5.87. The maximum atomic E-state index is 12.3. The van der Waals surface area contributed by atoms with Crippen LogP contribution in [0.4, 0.5) is 0 Å². The number of ketones is 1.